The first kappa shape index (κ1) is 26.7. The van der Waals surface area contributed by atoms with E-state index in [2.05, 4.69) is 49.6 Å². The summed E-state index contributed by atoms with van der Waals surface area (Å²) in [6, 6.07) is 15.6. The maximum absolute atomic E-state index is 12.1. The lowest BCUT2D eigenvalue weighted by Gasteiger charge is -2.13. The van der Waals surface area contributed by atoms with Gasteiger partial charge < -0.3 is 19.9 Å². The molecule has 0 aliphatic carbocycles. The lowest BCUT2D eigenvalue weighted by molar-refractivity contribution is -0.176. The Balaban J connectivity index is 0.00000385. The zero-order valence-electron chi connectivity index (χ0n) is 18.2. The smallest absolute Gasteiger partial charge is 0.367 e. The summed E-state index contributed by atoms with van der Waals surface area (Å²) in [7, 11) is 1.70. The van der Waals surface area contributed by atoms with E-state index in [0.29, 0.717) is 24.6 Å². The van der Waals surface area contributed by atoms with Crippen molar-refractivity contribution >= 4 is 29.9 Å². The van der Waals surface area contributed by atoms with E-state index in [1.165, 1.54) is 5.56 Å². The molecule has 1 heterocycles. The van der Waals surface area contributed by atoms with Gasteiger partial charge in [0.2, 0.25) is 0 Å². The minimum Gasteiger partial charge on any atom is -0.367 e. The predicted octanol–water partition coefficient (Wildman–Crippen LogP) is 4.49. The van der Waals surface area contributed by atoms with Crippen molar-refractivity contribution in [1.82, 2.24) is 20.2 Å². The Morgan fingerprint density at radius 2 is 1.48 bits per heavy atom. The van der Waals surface area contributed by atoms with Crippen LogP contribution in [0.15, 0.2) is 72.2 Å². The van der Waals surface area contributed by atoms with Crippen molar-refractivity contribution in [2.75, 3.05) is 13.7 Å². The van der Waals surface area contributed by atoms with E-state index in [1.54, 1.807) is 31.7 Å². The van der Waals surface area contributed by atoms with Crippen molar-refractivity contribution < 1.29 is 17.9 Å². The summed E-state index contributed by atoms with van der Waals surface area (Å²) in [5.74, 6) is 0.657. The molecule has 0 saturated heterocycles. The van der Waals surface area contributed by atoms with E-state index in [9.17, 15) is 13.2 Å². The van der Waals surface area contributed by atoms with E-state index in [4.69, 9.17) is 0 Å². The molecule has 178 valence electrons. The van der Waals surface area contributed by atoms with Crippen LogP contribution in [0.2, 0.25) is 0 Å². The Morgan fingerprint density at radius 3 is 1.97 bits per heavy atom. The lowest BCUT2D eigenvalue weighted by atomic mass is 10.1. The quantitative estimate of drug-likeness (QED) is 0.225. The van der Waals surface area contributed by atoms with Crippen LogP contribution in [0.3, 0.4) is 0 Å². The molecule has 3 aromatic rings. The molecule has 1 aromatic heterocycles. The van der Waals surface area contributed by atoms with Gasteiger partial charge >= 0.3 is 6.18 Å². The van der Waals surface area contributed by atoms with Crippen molar-refractivity contribution in [2.45, 2.75) is 32.4 Å². The molecule has 0 saturated carbocycles. The van der Waals surface area contributed by atoms with Crippen LogP contribution in [0.25, 0.3) is 0 Å². The van der Waals surface area contributed by atoms with Crippen LogP contribution in [0.4, 0.5) is 13.2 Å². The van der Waals surface area contributed by atoms with Gasteiger partial charge in [-0.15, -0.1) is 24.0 Å². The number of hydrogen-bond acceptors (Lipinski definition) is 3. The van der Waals surface area contributed by atoms with Gasteiger partial charge in [0.1, 0.15) is 6.61 Å². The largest absolute Gasteiger partial charge is 0.411 e. The van der Waals surface area contributed by atoms with Gasteiger partial charge in [0.15, 0.2) is 5.96 Å². The van der Waals surface area contributed by atoms with Crippen molar-refractivity contribution in [3.63, 3.8) is 0 Å². The predicted molar refractivity (Wildman–Crippen MR) is 132 cm³/mol. The molecule has 0 spiro atoms. The molecule has 2 N–H and O–H groups in total. The summed E-state index contributed by atoms with van der Waals surface area (Å²) in [5.41, 5.74) is 4.00. The third-order valence-electron chi connectivity index (χ3n) is 4.65. The second kappa shape index (κ2) is 13.2. The van der Waals surface area contributed by atoms with Crippen LogP contribution in [0.1, 0.15) is 22.3 Å². The van der Waals surface area contributed by atoms with Gasteiger partial charge in [-0.2, -0.15) is 13.2 Å². The molecule has 10 heteroatoms. The second-order valence-corrected chi connectivity index (χ2v) is 7.26. The minimum absolute atomic E-state index is 0. The van der Waals surface area contributed by atoms with E-state index in [-0.39, 0.29) is 30.6 Å². The van der Waals surface area contributed by atoms with E-state index >= 15 is 0 Å². The van der Waals surface area contributed by atoms with Crippen LogP contribution in [-0.4, -0.2) is 35.3 Å². The molecule has 6 nitrogen and oxygen atoms in total. The van der Waals surface area contributed by atoms with Crippen LogP contribution >= 0.6 is 24.0 Å². The highest BCUT2D eigenvalue weighted by Gasteiger charge is 2.27. The van der Waals surface area contributed by atoms with Crippen LogP contribution in [-0.2, 0) is 31.0 Å². The molecule has 0 fully saturated rings. The summed E-state index contributed by atoms with van der Waals surface area (Å²) < 4.78 is 43.1. The fourth-order valence-electron chi connectivity index (χ4n) is 2.98. The minimum atomic E-state index is -4.31. The van der Waals surface area contributed by atoms with E-state index in [0.717, 1.165) is 17.7 Å². The summed E-state index contributed by atoms with van der Waals surface area (Å²) in [6.07, 6.45) is 1.18. The highest BCUT2D eigenvalue weighted by molar-refractivity contribution is 14.0. The standard InChI is InChI=1S/C23H26F3N5O.HI/c1-27-22(29-12-18-2-6-20(7-3-18)14-31-11-10-28-17-31)30-13-19-4-8-21(9-5-19)15-32-16-23(24,25)26;/h2-11,17H,12-16H2,1H3,(H2,27,29,30);1H. The number of nitrogens with zero attached hydrogens (tertiary/aromatic N) is 3. The Labute approximate surface area is 208 Å². The molecule has 2 aromatic carbocycles. The summed E-state index contributed by atoms with van der Waals surface area (Å²) in [5, 5.41) is 6.50. The zero-order valence-corrected chi connectivity index (χ0v) is 20.5. The highest BCUT2D eigenvalue weighted by Crippen LogP contribution is 2.16. The van der Waals surface area contributed by atoms with Gasteiger partial charge in [-0.25, -0.2) is 4.98 Å². The van der Waals surface area contributed by atoms with Gasteiger partial charge in [0.05, 0.1) is 12.9 Å². The Kier molecular flexibility index (Phi) is 10.7. The number of aromatic nitrogens is 2. The third kappa shape index (κ3) is 9.82. The number of imidazole rings is 1. The van der Waals surface area contributed by atoms with E-state index in [1.807, 2.05) is 22.9 Å². The monoisotopic (exact) mass is 573 g/mol. The van der Waals surface area contributed by atoms with Gasteiger partial charge in [0.25, 0.3) is 0 Å². The molecule has 0 atom stereocenters. The maximum atomic E-state index is 12.1. The molecule has 3 rings (SSSR count). The normalized spacial score (nSPS) is 11.7. The molecule has 0 amide bonds. The zero-order chi connectivity index (χ0) is 22.8. The van der Waals surface area contributed by atoms with Crippen molar-refractivity contribution in [3.8, 4) is 0 Å². The van der Waals surface area contributed by atoms with Gasteiger partial charge in [-0.05, 0) is 22.3 Å². The topological polar surface area (TPSA) is 63.5 Å². The molecular formula is C23H27F3IN5O. The first-order chi connectivity index (χ1) is 15.4. The molecule has 0 unspecified atom stereocenters. The molecule has 0 bridgehead atoms. The summed E-state index contributed by atoms with van der Waals surface area (Å²) in [4.78, 5) is 8.27. The summed E-state index contributed by atoms with van der Waals surface area (Å²) in [6.45, 7) is 0.626. The first-order valence-electron chi connectivity index (χ1n) is 10.1. The molecule has 0 radical (unpaired) electrons. The van der Waals surface area contributed by atoms with Crippen molar-refractivity contribution in [2.24, 2.45) is 4.99 Å². The average Bonchev–Trinajstić information content (AvgIpc) is 3.28. The number of nitrogens with one attached hydrogen (secondary N) is 2. The molecule has 33 heavy (non-hydrogen) atoms. The number of hydrogen-bond donors (Lipinski definition) is 2. The Bertz CT molecular complexity index is 975. The van der Waals surface area contributed by atoms with Gasteiger partial charge in [-0.3, -0.25) is 4.99 Å². The molecule has 0 aliphatic rings. The van der Waals surface area contributed by atoms with Crippen LogP contribution in [0.5, 0.6) is 0 Å². The van der Waals surface area contributed by atoms with Crippen molar-refractivity contribution in [1.29, 1.82) is 0 Å². The highest BCUT2D eigenvalue weighted by atomic mass is 127. The SMILES string of the molecule is CN=C(NCc1ccc(COCC(F)(F)F)cc1)NCc1ccc(Cn2ccnc2)cc1.I. The number of halogens is 4. The van der Waals surface area contributed by atoms with Crippen LogP contribution in [0, 0.1) is 0 Å². The van der Waals surface area contributed by atoms with Gasteiger partial charge in [-0.1, -0.05) is 48.5 Å². The van der Waals surface area contributed by atoms with E-state index < -0.39 is 12.8 Å². The fourth-order valence-corrected chi connectivity index (χ4v) is 2.98. The average molecular weight is 573 g/mol. The molecular weight excluding hydrogens is 546 g/mol. The number of guanidine groups is 1. The van der Waals surface area contributed by atoms with Gasteiger partial charge in [0, 0.05) is 39.1 Å². The third-order valence-corrected chi connectivity index (χ3v) is 4.65. The Hall–Kier alpha value is -2.60. The first-order valence-corrected chi connectivity index (χ1v) is 10.1. The Morgan fingerprint density at radius 1 is 0.939 bits per heavy atom. The maximum Gasteiger partial charge on any atom is 0.411 e. The lowest BCUT2D eigenvalue weighted by Crippen LogP contribution is -2.36. The number of rotatable bonds is 9. The number of aliphatic imine (C=N–C) groups is 1. The second-order valence-electron chi connectivity index (χ2n) is 7.26. The van der Waals surface area contributed by atoms with Crippen molar-refractivity contribution in [3.05, 3.63) is 89.5 Å². The van der Waals surface area contributed by atoms with Crippen LogP contribution < -0.4 is 10.6 Å². The number of alkyl halides is 3. The molecule has 0 aliphatic heterocycles. The number of benzene rings is 2. The number of ether oxygens (including phenoxy) is 1. The fraction of sp³-hybridized carbons (Fsp3) is 0.304. The summed E-state index contributed by atoms with van der Waals surface area (Å²) >= 11 is 0.